The first-order valence-electron chi connectivity index (χ1n) is 9.57. The number of carbonyl (C=O) groups is 1. The zero-order valence-electron chi connectivity index (χ0n) is 16.3. The van der Waals surface area contributed by atoms with Gasteiger partial charge in [0.1, 0.15) is 22.5 Å². The van der Waals surface area contributed by atoms with Gasteiger partial charge in [0.05, 0.1) is 16.8 Å². The number of hydrogen-bond acceptors (Lipinski definition) is 5. The lowest BCUT2D eigenvalue weighted by Gasteiger charge is -2.15. The summed E-state index contributed by atoms with van der Waals surface area (Å²) in [5.41, 5.74) is 2.29. The fourth-order valence-corrected chi connectivity index (χ4v) is 5.01. The van der Waals surface area contributed by atoms with E-state index >= 15 is 0 Å². The molecule has 4 rings (SSSR count). The third kappa shape index (κ3) is 5.23. The van der Waals surface area contributed by atoms with Crippen LogP contribution in [0.5, 0.6) is 5.75 Å². The van der Waals surface area contributed by atoms with E-state index in [9.17, 15) is 9.18 Å². The van der Waals surface area contributed by atoms with Gasteiger partial charge in [-0.1, -0.05) is 65.9 Å². The minimum Gasteiger partial charge on any atom is -0.487 e. The van der Waals surface area contributed by atoms with E-state index in [4.69, 9.17) is 28.6 Å². The standard InChI is InChI=1S/C23H18ClFN2O2S2/c24-18-10-15(7-8-20(18)29-14-17-5-1-2-6-19(17)25)11-21-22(28)27(23(30)31-21)13-16-4-3-9-26-12-16/h1-10,12,21H,11,13-14H2/t21-/m1/s1. The molecule has 1 fully saturated rings. The van der Waals surface area contributed by atoms with Gasteiger partial charge in [-0.15, -0.1) is 0 Å². The summed E-state index contributed by atoms with van der Waals surface area (Å²) in [6.45, 7) is 0.499. The molecule has 4 nitrogen and oxygen atoms in total. The molecule has 1 aliphatic rings. The van der Waals surface area contributed by atoms with Crippen molar-refractivity contribution in [3.63, 3.8) is 0 Å². The molecule has 0 bridgehead atoms. The van der Waals surface area contributed by atoms with Crippen molar-refractivity contribution in [3.05, 3.63) is 94.5 Å². The van der Waals surface area contributed by atoms with Gasteiger partial charge in [0.2, 0.25) is 5.91 Å². The molecular weight excluding hydrogens is 455 g/mol. The van der Waals surface area contributed by atoms with Crippen LogP contribution in [-0.2, 0) is 24.4 Å². The highest BCUT2D eigenvalue weighted by Crippen LogP contribution is 2.33. The minimum absolute atomic E-state index is 0.0187. The second kappa shape index (κ2) is 9.77. The summed E-state index contributed by atoms with van der Waals surface area (Å²) in [4.78, 5) is 18.6. The van der Waals surface area contributed by atoms with E-state index in [0.717, 1.165) is 11.1 Å². The number of benzene rings is 2. The van der Waals surface area contributed by atoms with E-state index in [1.54, 1.807) is 47.6 Å². The lowest BCUT2D eigenvalue weighted by atomic mass is 10.1. The van der Waals surface area contributed by atoms with Crippen LogP contribution in [0.3, 0.4) is 0 Å². The summed E-state index contributed by atoms with van der Waals surface area (Å²) in [5.74, 6) is 0.126. The molecule has 2 heterocycles. The Kier molecular flexibility index (Phi) is 6.85. The van der Waals surface area contributed by atoms with Crippen LogP contribution in [0, 0.1) is 5.82 Å². The summed E-state index contributed by atoms with van der Waals surface area (Å²) < 4.78 is 20.0. The van der Waals surface area contributed by atoms with Crippen molar-refractivity contribution in [2.75, 3.05) is 0 Å². The average Bonchev–Trinajstić information content (AvgIpc) is 3.02. The maximum Gasteiger partial charge on any atom is 0.242 e. The number of ether oxygens (including phenoxy) is 1. The lowest BCUT2D eigenvalue weighted by molar-refractivity contribution is -0.126. The Hall–Kier alpha value is -2.48. The third-order valence-corrected chi connectivity index (χ3v) is 6.71. The predicted octanol–water partition coefficient (Wildman–Crippen LogP) is 5.42. The molecule has 0 saturated carbocycles. The van der Waals surface area contributed by atoms with E-state index in [-0.39, 0.29) is 23.6 Å². The van der Waals surface area contributed by atoms with E-state index in [1.807, 2.05) is 18.2 Å². The summed E-state index contributed by atoms with van der Waals surface area (Å²) in [7, 11) is 0. The molecule has 3 aromatic rings. The first-order chi connectivity index (χ1) is 15.0. The lowest BCUT2D eigenvalue weighted by Crippen LogP contribution is -2.31. The molecule has 1 aromatic heterocycles. The molecule has 31 heavy (non-hydrogen) atoms. The number of rotatable bonds is 7. The Bertz CT molecular complexity index is 1110. The van der Waals surface area contributed by atoms with Crippen LogP contribution in [0.15, 0.2) is 67.0 Å². The van der Waals surface area contributed by atoms with Crippen molar-refractivity contribution in [1.29, 1.82) is 0 Å². The normalized spacial score (nSPS) is 16.1. The van der Waals surface area contributed by atoms with Gasteiger partial charge in [-0.05, 0) is 41.8 Å². The van der Waals surface area contributed by atoms with Crippen molar-refractivity contribution in [1.82, 2.24) is 9.88 Å². The van der Waals surface area contributed by atoms with Crippen LogP contribution in [-0.4, -0.2) is 25.4 Å². The number of hydrogen-bond donors (Lipinski definition) is 0. The molecule has 0 aliphatic carbocycles. The number of pyridine rings is 1. The third-order valence-electron chi connectivity index (χ3n) is 4.83. The first kappa shape index (κ1) is 21.7. The molecular formula is C23H18ClFN2O2S2. The van der Waals surface area contributed by atoms with Crippen LogP contribution in [0.4, 0.5) is 4.39 Å². The largest absolute Gasteiger partial charge is 0.487 e. The summed E-state index contributed by atoms with van der Waals surface area (Å²) >= 11 is 13.2. The molecule has 1 aliphatic heterocycles. The van der Waals surface area contributed by atoms with Crippen molar-refractivity contribution in [2.24, 2.45) is 0 Å². The quantitative estimate of drug-likeness (QED) is 0.429. The van der Waals surface area contributed by atoms with Crippen LogP contribution >= 0.6 is 35.6 Å². The predicted molar refractivity (Wildman–Crippen MR) is 125 cm³/mol. The van der Waals surface area contributed by atoms with E-state index in [1.165, 1.54) is 17.8 Å². The van der Waals surface area contributed by atoms with Gasteiger partial charge >= 0.3 is 0 Å². The molecule has 1 atom stereocenters. The Morgan fingerprint density at radius 1 is 1.16 bits per heavy atom. The molecule has 0 spiro atoms. The van der Waals surface area contributed by atoms with Crippen LogP contribution in [0.2, 0.25) is 5.02 Å². The van der Waals surface area contributed by atoms with Crippen molar-refractivity contribution in [3.8, 4) is 5.75 Å². The van der Waals surface area contributed by atoms with Gasteiger partial charge in [0, 0.05) is 18.0 Å². The van der Waals surface area contributed by atoms with E-state index in [2.05, 4.69) is 4.98 Å². The van der Waals surface area contributed by atoms with Crippen LogP contribution in [0.1, 0.15) is 16.7 Å². The van der Waals surface area contributed by atoms with Crippen LogP contribution in [0.25, 0.3) is 0 Å². The van der Waals surface area contributed by atoms with Crippen LogP contribution < -0.4 is 4.74 Å². The molecule has 1 saturated heterocycles. The Morgan fingerprint density at radius 2 is 2.00 bits per heavy atom. The highest BCUT2D eigenvalue weighted by atomic mass is 35.5. The van der Waals surface area contributed by atoms with Gasteiger partial charge in [-0.25, -0.2) is 4.39 Å². The van der Waals surface area contributed by atoms with E-state index < -0.39 is 0 Å². The smallest absolute Gasteiger partial charge is 0.242 e. The Morgan fingerprint density at radius 3 is 2.74 bits per heavy atom. The average molecular weight is 473 g/mol. The fourth-order valence-electron chi connectivity index (χ4n) is 3.22. The van der Waals surface area contributed by atoms with Crippen molar-refractivity contribution < 1.29 is 13.9 Å². The minimum atomic E-state index is -0.321. The number of aromatic nitrogens is 1. The molecule has 0 radical (unpaired) electrons. The topological polar surface area (TPSA) is 42.4 Å². The molecule has 8 heteroatoms. The molecule has 0 N–H and O–H groups in total. The zero-order chi connectivity index (χ0) is 21.8. The van der Waals surface area contributed by atoms with Gasteiger partial charge in [-0.2, -0.15) is 0 Å². The SMILES string of the molecule is O=C1[C@@H](Cc2ccc(OCc3ccccc3F)c(Cl)c2)SC(=S)N1Cc1cccnc1. The summed E-state index contributed by atoms with van der Waals surface area (Å²) in [6, 6.07) is 15.6. The van der Waals surface area contributed by atoms with E-state index in [0.29, 0.717) is 33.6 Å². The number of thioether (sulfide) groups is 1. The fraction of sp³-hybridized carbons (Fsp3) is 0.174. The molecule has 1 amide bonds. The molecule has 158 valence electrons. The number of nitrogens with zero attached hydrogens (tertiary/aromatic N) is 2. The van der Waals surface area contributed by atoms with Gasteiger partial charge in [-0.3, -0.25) is 14.7 Å². The summed E-state index contributed by atoms with van der Waals surface area (Å²) in [6.07, 6.45) is 3.92. The van der Waals surface area contributed by atoms with Crippen molar-refractivity contribution in [2.45, 2.75) is 24.8 Å². The maximum atomic E-state index is 13.8. The number of thiocarbonyl (C=S) groups is 1. The maximum absolute atomic E-state index is 13.8. The van der Waals surface area contributed by atoms with Crippen molar-refractivity contribution >= 4 is 45.8 Å². The second-order valence-corrected chi connectivity index (χ2v) is 9.25. The highest BCUT2D eigenvalue weighted by molar-refractivity contribution is 8.24. The van der Waals surface area contributed by atoms with Gasteiger partial charge < -0.3 is 4.74 Å². The molecule has 2 aromatic carbocycles. The number of amides is 1. The Balaban J connectivity index is 1.39. The van der Waals surface area contributed by atoms with Gasteiger partial charge in [0.25, 0.3) is 0 Å². The molecule has 0 unspecified atom stereocenters. The zero-order valence-corrected chi connectivity index (χ0v) is 18.7. The number of carbonyl (C=O) groups excluding carboxylic acids is 1. The van der Waals surface area contributed by atoms with Gasteiger partial charge in [0.15, 0.2) is 0 Å². The second-order valence-electron chi connectivity index (χ2n) is 7.01. The highest BCUT2D eigenvalue weighted by Gasteiger charge is 2.36. The number of halogens is 2. The first-order valence-corrected chi connectivity index (χ1v) is 11.2. The Labute approximate surface area is 194 Å². The summed E-state index contributed by atoms with van der Waals surface area (Å²) in [5, 5.41) is 0.115. The monoisotopic (exact) mass is 472 g/mol.